The molecule has 0 fully saturated rings. The highest BCUT2D eigenvalue weighted by Crippen LogP contribution is 2.25. The Bertz CT molecular complexity index is 1010. The topological polar surface area (TPSA) is 91.6 Å². The molecular formula is C18H18N4O4S. The Hall–Kier alpha value is -3.20. The molecule has 0 atom stereocenters. The number of rotatable bonds is 4. The van der Waals surface area contributed by atoms with E-state index in [0.717, 1.165) is 4.31 Å². The molecule has 8 nitrogen and oxygen atoms in total. The van der Waals surface area contributed by atoms with Crippen molar-refractivity contribution in [2.24, 2.45) is 9.39 Å². The largest absolute Gasteiger partial charge is 0.497 e. The number of anilines is 1. The molecule has 0 saturated heterocycles. The Morgan fingerprint density at radius 1 is 1.04 bits per heavy atom. The van der Waals surface area contributed by atoms with Crippen LogP contribution in [0.3, 0.4) is 0 Å². The number of hydrogen-bond donors (Lipinski definition) is 0. The Kier molecular flexibility index (Phi) is 4.95. The minimum atomic E-state index is -4.18. The normalized spacial score (nSPS) is 15.6. The van der Waals surface area contributed by atoms with Crippen molar-refractivity contribution >= 4 is 33.5 Å². The fraction of sp³-hybridized carbons (Fsp3) is 0.167. The summed E-state index contributed by atoms with van der Waals surface area (Å²) in [7, 11) is 0.542. The third-order valence-corrected chi connectivity index (χ3v) is 5.01. The average molecular weight is 386 g/mol. The number of carbonyl (C=O) groups excluding carboxylic acids is 1. The van der Waals surface area contributed by atoms with Gasteiger partial charge in [-0.05, 0) is 36.4 Å². The standard InChI is InChI=1S/C18H18N4O4S/c1-21(2)18-19-17(16(23)13-9-11-15(26-3)12-10-13)22(27(24,25)20-18)14-7-5-4-6-8-14/h4-12H,1-3H3. The molecule has 0 unspecified atom stereocenters. The molecule has 0 bridgehead atoms. The summed E-state index contributed by atoms with van der Waals surface area (Å²) in [5.74, 6) is -0.274. The van der Waals surface area contributed by atoms with Gasteiger partial charge >= 0.3 is 10.2 Å². The first-order valence-electron chi connectivity index (χ1n) is 7.98. The molecule has 0 radical (unpaired) electrons. The fourth-order valence-electron chi connectivity index (χ4n) is 2.43. The van der Waals surface area contributed by atoms with Crippen molar-refractivity contribution in [3.05, 3.63) is 60.2 Å². The second-order valence-electron chi connectivity index (χ2n) is 5.86. The van der Waals surface area contributed by atoms with Gasteiger partial charge in [-0.15, -0.1) is 4.40 Å². The van der Waals surface area contributed by atoms with E-state index in [2.05, 4.69) is 9.39 Å². The maximum Gasteiger partial charge on any atom is 0.353 e. The smallest absolute Gasteiger partial charge is 0.353 e. The number of carbonyl (C=O) groups is 1. The van der Waals surface area contributed by atoms with Crippen molar-refractivity contribution in [3.8, 4) is 5.75 Å². The molecule has 2 aromatic carbocycles. The van der Waals surface area contributed by atoms with E-state index in [0.29, 0.717) is 5.75 Å². The Morgan fingerprint density at radius 3 is 2.22 bits per heavy atom. The Morgan fingerprint density at radius 2 is 1.67 bits per heavy atom. The van der Waals surface area contributed by atoms with Crippen molar-refractivity contribution in [2.45, 2.75) is 0 Å². The summed E-state index contributed by atoms with van der Waals surface area (Å²) in [6, 6.07) is 14.6. The maximum atomic E-state index is 13.1. The summed E-state index contributed by atoms with van der Waals surface area (Å²) < 4.78 is 35.3. The van der Waals surface area contributed by atoms with E-state index >= 15 is 0 Å². The van der Waals surface area contributed by atoms with E-state index in [9.17, 15) is 13.2 Å². The molecule has 3 rings (SSSR count). The zero-order valence-electron chi connectivity index (χ0n) is 15.0. The molecule has 0 amide bonds. The molecule has 0 aliphatic carbocycles. The molecule has 9 heteroatoms. The van der Waals surface area contributed by atoms with Crippen LogP contribution in [0.1, 0.15) is 10.4 Å². The first-order valence-corrected chi connectivity index (χ1v) is 9.38. The summed E-state index contributed by atoms with van der Waals surface area (Å²) in [6.07, 6.45) is 0. The highest BCUT2D eigenvalue weighted by Gasteiger charge is 2.36. The van der Waals surface area contributed by atoms with Crippen LogP contribution in [0.15, 0.2) is 64.0 Å². The number of Topliss-reactive ketones (excluding diaryl/α,β-unsaturated/α-hetero) is 1. The molecular weight excluding hydrogens is 368 g/mol. The molecule has 0 N–H and O–H groups in total. The predicted octanol–water partition coefficient (Wildman–Crippen LogP) is 1.96. The van der Waals surface area contributed by atoms with Gasteiger partial charge in [0.15, 0.2) is 0 Å². The molecule has 0 saturated carbocycles. The first kappa shape index (κ1) is 18.6. The number of benzene rings is 2. The van der Waals surface area contributed by atoms with E-state index < -0.39 is 16.0 Å². The number of para-hydroxylation sites is 1. The van der Waals surface area contributed by atoms with E-state index in [-0.39, 0.29) is 23.0 Å². The number of amidine groups is 1. The average Bonchev–Trinajstić information content (AvgIpc) is 2.66. The fourth-order valence-corrected chi connectivity index (χ4v) is 3.65. The molecule has 1 aliphatic heterocycles. The van der Waals surface area contributed by atoms with Gasteiger partial charge in [-0.25, -0.2) is 0 Å². The van der Waals surface area contributed by atoms with Crippen LogP contribution >= 0.6 is 0 Å². The van der Waals surface area contributed by atoms with Crippen molar-refractivity contribution in [2.75, 3.05) is 25.5 Å². The van der Waals surface area contributed by atoms with Gasteiger partial charge in [0.05, 0.1) is 12.8 Å². The van der Waals surface area contributed by atoms with E-state index in [1.54, 1.807) is 68.7 Å². The van der Waals surface area contributed by atoms with Crippen LogP contribution in [0.5, 0.6) is 5.75 Å². The minimum absolute atomic E-state index is 0.0703. The Labute approximate surface area is 157 Å². The monoisotopic (exact) mass is 386 g/mol. The molecule has 27 heavy (non-hydrogen) atoms. The number of methoxy groups -OCH3 is 1. The van der Waals surface area contributed by atoms with Gasteiger partial charge in [0.2, 0.25) is 17.6 Å². The summed E-state index contributed by atoms with van der Waals surface area (Å²) in [5.41, 5.74) is 0.561. The second-order valence-corrected chi connectivity index (χ2v) is 7.30. The summed E-state index contributed by atoms with van der Waals surface area (Å²) in [4.78, 5) is 18.7. The predicted molar refractivity (Wildman–Crippen MR) is 104 cm³/mol. The van der Waals surface area contributed by atoms with Crippen LogP contribution < -0.4 is 9.04 Å². The zero-order valence-corrected chi connectivity index (χ0v) is 15.8. The molecule has 1 aliphatic rings. The van der Waals surface area contributed by atoms with E-state index in [1.165, 1.54) is 12.0 Å². The number of guanidine groups is 1. The lowest BCUT2D eigenvalue weighted by Gasteiger charge is -2.27. The van der Waals surface area contributed by atoms with Gasteiger partial charge in [0.25, 0.3) is 0 Å². The SMILES string of the molecule is COc1ccc(C(=O)C2=NC(N(C)C)=NS(=O)(=O)N2c2ccccc2)cc1. The van der Waals surface area contributed by atoms with Crippen molar-refractivity contribution in [3.63, 3.8) is 0 Å². The number of ether oxygens (including phenoxy) is 1. The maximum absolute atomic E-state index is 13.1. The number of aliphatic imine (C=N–C) groups is 1. The lowest BCUT2D eigenvalue weighted by atomic mass is 10.1. The third kappa shape index (κ3) is 3.68. The third-order valence-electron chi connectivity index (χ3n) is 3.77. The zero-order chi connectivity index (χ0) is 19.6. The van der Waals surface area contributed by atoms with Crippen molar-refractivity contribution in [1.82, 2.24) is 4.90 Å². The lowest BCUT2D eigenvalue weighted by molar-refractivity contribution is 0.106. The van der Waals surface area contributed by atoms with Gasteiger partial charge < -0.3 is 9.64 Å². The van der Waals surface area contributed by atoms with Crippen LogP contribution in [0.25, 0.3) is 0 Å². The van der Waals surface area contributed by atoms with Gasteiger partial charge in [-0.2, -0.15) is 17.7 Å². The van der Waals surface area contributed by atoms with Crippen LogP contribution in [0.2, 0.25) is 0 Å². The van der Waals surface area contributed by atoms with E-state index in [1.807, 2.05) is 0 Å². The summed E-state index contributed by atoms with van der Waals surface area (Å²) in [5, 5.41) is 0. The molecule has 140 valence electrons. The highest BCUT2D eigenvalue weighted by atomic mass is 32.2. The first-order chi connectivity index (χ1) is 12.8. The van der Waals surface area contributed by atoms with Crippen LogP contribution in [-0.2, 0) is 10.2 Å². The van der Waals surface area contributed by atoms with Gasteiger partial charge in [0.1, 0.15) is 5.75 Å². The van der Waals surface area contributed by atoms with Gasteiger partial charge in [-0.1, -0.05) is 18.2 Å². The quantitative estimate of drug-likeness (QED) is 0.749. The van der Waals surface area contributed by atoms with E-state index in [4.69, 9.17) is 4.74 Å². The minimum Gasteiger partial charge on any atom is -0.497 e. The van der Waals surface area contributed by atoms with Crippen molar-refractivity contribution in [1.29, 1.82) is 0 Å². The van der Waals surface area contributed by atoms with Gasteiger partial charge in [-0.3, -0.25) is 4.79 Å². The summed E-state index contributed by atoms with van der Waals surface area (Å²) >= 11 is 0. The van der Waals surface area contributed by atoms with Gasteiger partial charge in [0, 0.05) is 19.7 Å². The number of nitrogens with zero attached hydrogens (tertiary/aromatic N) is 4. The summed E-state index contributed by atoms with van der Waals surface area (Å²) in [6.45, 7) is 0. The van der Waals surface area contributed by atoms with Crippen LogP contribution in [-0.4, -0.2) is 52.1 Å². The second kappa shape index (κ2) is 7.20. The molecule has 1 heterocycles. The molecule has 2 aromatic rings. The Balaban J connectivity index is 2.14. The molecule has 0 spiro atoms. The van der Waals surface area contributed by atoms with Crippen molar-refractivity contribution < 1.29 is 17.9 Å². The number of ketones is 1. The lowest BCUT2D eigenvalue weighted by Crippen LogP contribution is -2.45. The highest BCUT2D eigenvalue weighted by molar-refractivity contribution is 7.92. The molecule has 0 aromatic heterocycles. The number of hydrogen-bond acceptors (Lipinski definition) is 6. The van der Waals surface area contributed by atoms with Crippen LogP contribution in [0, 0.1) is 0 Å². The van der Waals surface area contributed by atoms with Crippen LogP contribution in [0.4, 0.5) is 5.69 Å².